The number of rotatable bonds is 16. The van der Waals surface area contributed by atoms with E-state index in [9.17, 15) is 24.3 Å². The Morgan fingerprint density at radius 3 is 1.73 bits per heavy atom. The Morgan fingerprint density at radius 2 is 1.21 bits per heavy atom. The quantitative estimate of drug-likeness (QED) is 0.159. The number of benzene rings is 3. The van der Waals surface area contributed by atoms with E-state index < -0.39 is 92.0 Å². The van der Waals surface area contributed by atoms with E-state index in [-0.39, 0.29) is 19.8 Å². The Morgan fingerprint density at radius 1 is 0.661 bits per heavy atom. The number of amides is 1. The van der Waals surface area contributed by atoms with E-state index in [2.05, 4.69) is 5.32 Å². The molecule has 0 aromatic heterocycles. The lowest BCUT2D eigenvalue weighted by molar-refractivity contribution is -0.350. The fourth-order valence-corrected chi connectivity index (χ4v) is 6.30. The number of methoxy groups -OCH3 is 2. The summed E-state index contributed by atoms with van der Waals surface area (Å²) in [5.74, 6) is -2.38. The van der Waals surface area contributed by atoms with E-state index in [0.29, 0.717) is 0 Å². The van der Waals surface area contributed by atoms with Crippen LogP contribution in [0.25, 0.3) is 0 Å². The van der Waals surface area contributed by atoms with Gasteiger partial charge in [-0.2, -0.15) is 0 Å². The van der Waals surface area contributed by atoms with Crippen molar-refractivity contribution < 1.29 is 71.7 Å². The van der Waals surface area contributed by atoms with Gasteiger partial charge >= 0.3 is 24.0 Å². The van der Waals surface area contributed by atoms with Gasteiger partial charge in [0.15, 0.2) is 24.8 Å². The van der Waals surface area contributed by atoms with Gasteiger partial charge in [0.05, 0.1) is 20.3 Å². The highest BCUT2D eigenvalue weighted by atomic mass is 16.8. The normalized spacial score (nSPS) is 27.4. The van der Waals surface area contributed by atoms with Crippen molar-refractivity contribution in [1.82, 2.24) is 5.32 Å². The lowest BCUT2D eigenvalue weighted by atomic mass is 9.94. The minimum absolute atomic E-state index is 0.00939. The van der Waals surface area contributed by atoms with Gasteiger partial charge in [-0.05, 0) is 16.7 Å². The molecule has 10 atom stereocenters. The summed E-state index contributed by atoms with van der Waals surface area (Å²) < 4.78 is 58.7. The Bertz CT molecular complexity index is 1700. The van der Waals surface area contributed by atoms with Gasteiger partial charge in [0.25, 0.3) is 0 Å². The molecule has 0 bridgehead atoms. The molecule has 1 amide bonds. The third-order valence-electron chi connectivity index (χ3n) is 8.94. The largest absolute Gasteiger partial charge is 0.467 e. The second-order valence-electron chi connectivity index (χ2n) is 12.9. The van der Waals surface area contributed by atoms with Crippen LogP contribution in [0.5, 0.6) is 0 Å². The van der Waals surface area contributed by atoms with Crippen molar-refractivity contribution in [3.63, 3.8) is 0 Å². The van der Waals surface area contributed by atoms with Crippen molar-refractivity contribution in [3.8, 4) is 0 Å². The summed E-state index contributed by atoms with van der Waals surface area (Å²) in [6.45, 7) is 1.85. The second-order valence-corrected chi connectivity index (χ2v) is 12.9. The number of ether oxygens (including phenoxy) is 10. The van der Waals surface area contributed by atoms with Gasteiger partial charge in [-0.25, -0.2) is 9.59 Å². The zero-order valence-corrected chi connectivity index (χ0v) is 31.4. The highest BCUT2D eigenvalue weighted by Crippen LogP contribution is 2.34. The Balaban J connectivity index is 1.52. The summed E-state index contributed by atoms with van der Waals surface area (Å²) in [6, 6.07) is 26.0. The predicted octanol–water partition coefficient (Wildman–Crippen LogP) is 2.96. The Hall–Kier alpha value is -4.94. The first-order valence-electron chi connectivity index (χ1n) is 17.9. The highest BCUT2D eigenvalue weighted by Gasteiger charge is 2.56. The third kappa shape index (κ3) is 11.5. The molecule has 2 N–H and O–H groups in total. The second kappa shape index (κ2) is 20.8. The molecule has 0 radical (unpaired) electrons. The standard InChI is InChI=1S/C40H47NO15/c1-24(42)49-23-29-32(55-39-36(53-25(2)43)34(31(44)35(56-39)37(45)47-3)51-21-27-16-10-6-11-17-27)33(50-20-26-14-8-5-9-15-26)30(38(48-4)54-29)41-40(46)52-22-28-18-12-7-13-19-28/h5-19,29-36,38-39,44H,20-23H2,1-4H3,(H,41,46)/t29-,30-,31+,32-,33-,34+,35-,36-,38-,39-/m1/s1. The van der Waals surface area contributed by atoms with Crippen LogP contribution in [0.15, 0.2) is 91.0 Å². The molecule has 16 heteroatoms. The zero-order valence-electron chi connectivity index (χ0n) is 31.4. The van der Waals surface area contributed by atoms with E-state index >= 15 is 0 Å². The summed E-state index contributed by atoms with van der Waals surface area (Å²) in [4.78, 5) is 51.1. The van der Waals surface area contributed by atoms with Crippen molar-refractivity contribution in [2.24, 2.45) is 0 Å². The molecular weight excluding hydrogens is 734 g/mol. The number of nitrogens with one attached hydrogen (secondary N) is 1. The SMILES string of the molecule is COC(=O)[C@@H]1O[C@@H](O[C@H]2[C@H](OCc3ccccc3)[C@@H](NC(=O)OCc3ccccc3)[C@H](OC)O[C@@H]2COC(C)=O)[C@H](OC(C)=O)[C@@H](OCc2ccccc2)[C@@H]1O. The van der Waals surface area contributed by atoms with E-state index in [0.717, 1.165) is 30.7 Å². The maximum Gasteiger partial charge on any atom is 0.407 e. The average Bonchev–Trinajstić information content (AvgIpc) is 3.20. The fourth-order valence-electron chi connectivity index (χ4n) is 6.30. The van der Waals surface area contributed by atoms with Crippen molar-refractivity contribution in [2.45, 2.75) is 95.0 Å². The van der Waals surface area contributed by atoms with Crippen LogP contribution in [0.1, 0.15) is 30.5 Å². The topological polar surface area (TPSA) is 193 Å². The summed E-state index contributed by atoms with van der Waals surface area (Å²) in [5, 5.41) is 14.2. The van der Waals surface area contributed by atoms with Gasteiger partial charge in [-0.3, -0.25) is 9.59 Å². The molecule has 2 fully saturated rings. The molecule has 0 aliphatic carbocycles. The van der Waals surface area contributed by atoms with Crippen LogP contribution in [0.4, 0.5) is 4.79 Å². The van der Waals surface area contributed by atoms with Gasteiger partial charge in [-0.15, -0.1) is 0 Å². The Labute approximate surface area is 324 Å². The lowest BCUT2D eigenvalue weighted by Crippen LogP contribution is -2.69. The van der Waals surface area contributed by atoms with E-state index in [1.165, 1.54) is 14.0 Å². The molecule has 0 saturated carbocycles. The summed E-state index contributed by atoms with van der Waals surface area (Å²) in [6.07, 6.45) is -13.6. The van der Waals surface area contributed by atoms with Crippen LogP contribution in [0, 0.1) is 0 Å². The Kier molecular flexibility index (Phi) is 15.7. The molecule has 5 rings (SSSR count). The van der Waals surface area contributed by atoms with Crippen LogP contribution < -0.4 is 5.32 Å². The first kappa shape index (κ1) is 42.2. The monoisotopic (exact) mass is 781 g/mol. The van der Waals surface area contributed by atoms with Gasteiger partial charge in [-0.1, -0.05) is 91.0 Å². The average molecular weight is 782 g/mol. The minimum Gasteiger partial charge on any atom is -0.467 e. The number of carbonyl (C=O) groups excluding carboxylic acids is 4. The van der Waals surface area contributed by atoms with Crippen molar-refractivity contribution in [3.05, 3.63) is 108 Å². The first-order valence-corrected chi connectivity index (χ1v) is 17.9. The van der Waals surface area contributed by atoms with Crippen LogP contribution in [0.2, 0.25) is 0 Å². The lowest BCUT2D eigenvalue weighted by Gasteiger charge is -2.48. The van der Waals surface area contributed by atoms with Crippen molar-refractivity contribution in [1.29, 1.82) is 0 Å². The molecule has 3 aromatic rings. The van der Waals surface area contributed by atoms with Crippen LogP contribution >= 0.6 is 0 Å². The first-order chi connectivity index (χ1) is 27.1. The molecule has 0 unspecified atom stereocenters. The molecule has 16 nitrogen and oxygen atoms in total. The molecule has 2 aliphatic heterocycles. The van der Waals surface area contributed by atoms with Gasteiger partial charge < -0.3 is 57.8 Å². The molecular formula is C40H47NO15. The minimum atomic E-state index is -1.69. The number of hydrogen-bond donors (Lipinski definition) is 2. The van der Waals surface area contributed by atoms with Crippen LogP contribution in [-0.4, -0.2) is 111 Å². The number of carbonyl (C=O) groups is 4. The fraction of sp³-hybridized carbons (Fsp3) is 0.450. The summed E-state index contributed by atoms with van der Waals surface area (Å²) in [5.41, 5.74) is 2.21. The number of aliphatic hydroxyl groups is 1. The summed E-state index contributed by atoms with van der Waals surface area (Å²) >= 11 is 0. The van der Waals surface area contributed by atoms with Crippen LogP contribution in [-0.2, 0) is 81.6 Å². The van der Waals surface area contributed by atoms with Gasteiger partial charge in [0, 0.05) is 21.0 Å². The maximum absolute atomic E-state index is 13.4. The molecule has 2 aliphatic rings. The van der Waals surface area contributed by atoms with E-state index in [1.807, 2.05) is 54.6 Å². The number of alkyl carbamates (subject to hydrolysis) is 1. The van der Waals surface area contributed by atoms with E-state index in [4.69, 9.17) is 47.4 Å². The van der Waals surface area contributed by atoms with Gasteiger partial charge in [0.2, 0.25) is 0 Å². The molecule has 56 heavy (non-hydrogen) atoms. The number of hydrogen-bond acceptors (Lipinski definition) is 15. The van der Waals surface area contributed by atoms with Gasteiger partial charge in [0.1, 0.15) is 49.8 Å². The molecule has 302 valence electrons. The zero-order chi connectivity index (χ0) is 40.0. The predicted molar refractivity (Wildman–Crippen MR) is 193 cm³/mol. The molecule has 2 saturated heterocycles. The number of esters is 3. The number of aliphatic hydroxyl groups excluding tert-OH is 1. The molecule has 2 heterocycles. The highest BCUT2D eigenvalue weighted by molar-refractivity contribution is 5.75. The maximum atomic E-state index is 13.4. The summed E-state index contributed by atoms with van der Waals surface area (Å²) in [7, 11) is 2.47. The van der Waals surface area contributed by atoms with E-state index in [1.54, 1.807) is 36.4 Å². The third-order valence-corrected chi connectivity index (χ3v) is 8.94. The van der Waals surface area contributed by atoms with Crippen LogP contribution in [0.3, 0.4) is 0 Å². The molecule has 3 aromatic carbocycles. The molecule has 0 spiro atoms. The van der Waals surface area contributed by atoms with Crippen molar-refractivity contribution in [2.75, 3.05) is 20.8 Å². The van der Waals surface area contributed by atoms with Crippen molar-refractivity contribution >= 4 is 24.0 Å². The smallest absolute Gasteiger partial charge is 0.407 e.